The van der Waals surface area contributed by atoms with Gasteiger partial charge < -0.3 is 4.43 Å². The Morgan fingerprint density at radius 3 is 2.33 bits per heavy atom. The highest BCUT2D eigenvalue weighted by Gasteiger charge is 2.38. The van der Waals surface area contributed by atoms with Crippen LogP contribution in [0.3, 0.4) is 0 Å². The third kappa shape index (κ3) is 6.10. The van der Waals surface area contributed by atoms with Gasteiger partial charge in [-0.25, -0.2) is 17.5 Å². The summed E-state index contributed by atoms with van der Waals surface area (Å²) in [5, 5.41) is 0.194. The average molecular weight is 481 g/mol. The summed E-state index contributed by atoms with van der Waals surface area (Å²) in [5.41, 5.74) is 0. The molecule has 1 fully saturated rings. The van der Waals surface area contributed by atoms with Gasteiger partial charge in [-0.1, -0.05) is 20.8 Å². The van der Waals surface area contributed by atoms with E-state index in [9.17, 15) is 12.8 Å². The second kappa shape index (κ2) is 8.61. The Kier molecular flexibility index (Phi) is 7.33. The van der Waals surface area contributed by atoms with Crippen LogP contribution in [0.25, 0.3) is 0 Å². The Balaban J connectivity index is 1.88. The summed E-state index contributed by atoms with van der Waals surface area (Å²) < 4.78 is 48.0. The summed E-state index contributed by atoms with van der Waals surface area (Å²) >= 11 is 3.04. The summed E-state index contributed by atoms with van der Waals surface area (Å²) in [5.74, 6) is -0.102. The van der Waals surface area contributed by atoms with Crippen molar-refractivity contribution in [3.8, 4) is 0 Å². The summed E-state index contributed by atoms with van der Waals surface area (Å²) in [6, 6.07) is 3.77. The molecule has 1 saturated carbocycles. The molecule has 0 saturated heterocycles. The summed E-state index contributed by atoms with van der Waals surface area (Å²) in [4.78, 5) is -0.0356. The molecule has 0 aliphatic heterocycles. The lowest BCUT2D eigenvalue weighted by atomic mass is 9.87. The number of nitrogens with one attached hydrogen (secondary N) is 1. The van der Waals surface area contributed by atoms with Gasteiger partial charge in [0.05, 0.1) is 9.37 Å². The minimum Gasteiger partial charge on any atom is -0.417 e. The molecule has 1 aliphatic rings. The van der Waals surface area contributed by atoms with Gasteiger partial charge in [-0.15, -0.1) is 0 Å². The van der Waals surface area contributed by atoms with Crippen molar-refractivity contribution in [3.63, 3.8) is 0 Å². The van der Waals surface area contributed by atoms with Gasteiger partial charge in [-0.05, 0) is 83.9 Å². The molecule has 1 N–H and O–H groups in total. The molecule has 0 aromatic heterocycles. The van der Waals surface area contributed by atoms with Crippen molar-refractivity contribution in [1.82, 2.24) is 4.72 Å². The maximum atomic E-state index is 13.7. The number of rotatable bonds is 6. The molecule has 2 rings (SSSR count). The normalized spacial score (nSPS) is 22.0. The number of halogens is 2. The zero-order chi connectivity index (χ0) is 20.5. The topological polar surface area (TPSA) is 55.4 Å². The molecule has 0 amide bonds. The van der Waals surface area contributed by atoms with Crippen LogP contribution in [0.5, 0.6) is 0 Å². The number of hydrogen-bond acceptors (Lipinski definition) is 3. The van der Waals surface area contributed by atoms with Gasteiger partial charge in [0.15, 0.2) is 8.32 Å². The maximum Gasteiger partial charge on any atom is 0.240 e. The van der Waals surface area contributed by atoms with E-state index in [1.54, 1.807) is 0 Å². The van der Waals surface area contributed by atoms with Crippen LogP contribution in [-0.4, -0.2) is 29.4 Å². The fourth-order valence-electron chi connectivity index (χ4n) is 2.92. The second-order valence-electron chi connectivity index (χ2n) is 8.99. The monoisotopic (exact) mass is 479 g/mol. The largest absolute Gasteiger partial charge is 0.417 e. The fourth-order valence-corrected chi connectivity index (χ4v) is 5.57. The number of sulfonamides is 1. The van der Waals surface area contributed by atoms with Gasteiger partial charge in [0, 0.05) is 12.6 Å². The van der Waals surface area contributed by atoms with Gasteiger partial charge in [-0.2, -0.15) is 0 Å². The van der Waals surface area contributed by atoms with Gasteiger partial charge in [0.2, 0.25) is 10.0 Å². The first-order valence-electron chi connectivity index (χ1n) is 9.43. The van der Waals surface area contributed by atoms with Crippen molar-refractivity contribution >= 4 is 34.3 Å². The second-order valence-corrected chi connectivity index (χ2v) is 16.4. The van der Waals surface area contributed by atoms with E-state index >= 15 is 0 Å². The van der Waals surface area contributed by atoms with Crippen molar-refractivity contribution < 1.29 is 17.2 Å². The van der Waals surface area contributed by atoms with Crippen molar-refractivity contribution in [2.24, 2.45) is 5.92 Å². The lowest BCUT2D eigenvalue weighted by Crippen LogP contribution is -2.43. The molecule has 0 unspecified atom stereocenters. The average Bonchev–Trinajstić information content (AvgIpc) is 2.55. The maximum absolute atomic E-state index is 13.7. The molecule has 0 spiro atoms. The van der Waals surface area contributed by atoms with Crippen LogP contribution >= 0.6 is 15.9 Å². The Labute approximate surface area is 172 Å². The smallest absolute Gasteiger partial charge is 0.240 e. The zero-order valence-corrected chi connectivity index (χ0v) is 20.2. The molecule has 1 aliphatic carbocycles. The van der Waals surface area contributed by atoms with Crippen LogP contribution in [0.2, 0.25) is 18.1 Å². The third-order valence-electron chi connectivity index (χ3n) is 5.86. The Morgan fingerprint density at radius 1 is 1.22 bits per heavy atom. The molecule has 154 valence electrons. The van der Waals surface area contributed by atoms with Crippen LogP contribution in [-0.2, 0) is 14.4 Å². The zero-order valence-electron chi connectivity index (χ0n) is 16.8. The van der Waals surface area contributed by atoms with Crippen molar-refractivity contribution in [3.05, 3.63) is 28.5 Å². The van der Waals surface area contributed by atoms with E-state index < -0.39 is 24.2 Å². The standard InChI is InChI=1S/C19H31BrFNO3SSi/c1-19(2,3)27(4,5)25-13-14-6-8-15(9-7-14)22-26(23,24)16-10-11-17(20)18(21)12-16/h10-12,14-15,22H,6-9,13H2,1-5H3. The van der Waals surface area contributed by atoms with Crippen LogP contribution in [0.1, 0.15) is 46.5 Å². The Morgan fingerprint density at radius 2 is 1.81 bits per heavy atom. The molecule has 0 radical (unpaired) electrons. The minimum absolute atomic E-state index is 0.0356. The fraction of sp³-hybridized carbons (Fsp3) is 0.684. The lowest BCUT2D eigenvalue weighted by molar-refractivity contribution is 0.183. The molecule has 4 nitrogen and oxygen atoms in total. The molecule has 1 aromatic rings. The van der Waals surface area contributed by atoms with Crippen molar-refractivity contribution in [2.45, 2.75) is 75.5 Å². The third-order valence-corrected chi connectivity index (χ3v) is 12.5. The first kappa shape index (κ1) is 23.0. The van der Waals surface area contributed by atoms with Gasteiger partial charge in [0.25, 0.3) is 0 Å². The Bertz CT molecular complexity index is 757. The van der Waals surface area contributed by atoms with Gasteiger partial charge in [0.1, 0.15) is 5.82 Å². The highest BCUT2D eigenvalue weighted by molar-refractivity contribution is 9.10. The van der Waals surface area contributed by atoms with Crippen LogP contribution in [0.4, 0.5) is 4.39 Å². The molecule has 8 heteroatoms. The SMILES string of the molecule is CC(C)(C)[Si](C)(C)OCC1CCC(NS(=O)(=O)c2ccc(Br)c(F)c2)CC1. The van der Waals surface area contributed by atoms with Crippen LogP contribution < -0.4 is 4.72 Å². The van der Waals surface area contributed by atoms with Gasteiger partial charge >= 0.3 is 0 Å². The highest BCUT2D eigenvalue weighted by atomic mass is 79.9. The van der Waals surface area contributed by atoms with E-state index in [0.717, 1.165) is 38.4 Å². The predicted octanol–water partition coefficient (Wildman–Crippen LogP) is 5.45. The molecular weight excluding hydrogens is 449 g/mol. The van der Waals surface area contributed by atoms with Gasteiger partial charge in [-0.3, -0.25) is 0 Å². The Hall–Kier alpha value is -0.283. The first-order chi connectivity index (χ1) is 12.3. The molecule has 27 heavy (non-hydrogen) atoms. The van der Waals surface area contributed by atoms with Crippen LogP contribution in [0.15, 0.2) is 27.6 Å². The lowest BCUT2D eigenvalue weighted by Gasteiger charge is -2.38. The van der Waals surface area contributed by atoms with E-state index in [1.807, 2.05) is 0 Å². The highest BCUT2D eigenvalue weighted by Crippen LogP contribution is 2.37. The quantitative estimate of drug-likeness (QED) is 0.551. The van der Waals surface area contributed by atoms with Crippen molar-refractivity contribution in [1.29, 1.82) is 0 Å². The first-order valence-corrected chi connectivity index (χ1v) is 14.6. The minimum atomic E-state index is -3.71. The summed E-state index contributed by atoms with van der Waals surface area (Å²) in [6.45, 7) is 12.0. The number of benzene rings is 1. The molecule has 0 heterocycles. The summed E-state index contributed by atoms with van der Waals surface area (Å²) in [6.07, 6.45) is 3.44. The van der Waals surface area contributed by atoms with E-state index in [2.05, 4.69) is 54.5 Å². The van der Waals surface area contributed by atoms with Crippen LogP contribution in [0, 0.1) is 11.7 Å². The molecular formula is C19H31BrFNO3SSi. The van der Waals surface area contributed by atoms with E-state index in [1.165, 1.54) is 12.1 Å². The van der Waals surface area contributed by atoms with Crippen molar-refractivity contribution in [2.75, 3.05) is 6.61 Å². The molecule has 1 aromatic carbocycles. The van der Waals surface area contributed by atoms with E-state index in [4.69, 9.17) is 4.43 Å². The van der Waals surface area contributed by atoms with E-state index in [-0.39, 0.29) is 20.4 Å². The number of hydrogen-bond donors (Lipinski definition) is 1. The summed E-state index contributed by atoms with van der Waals surface area (Å²) in [7, 11) is -5.46. The predicted molar refractivity (Wildman–Crippen MR) is 113 cm³/mol. The molecule has 0 atom stereocenters. The molecule has 0 bridgehead atoms. The van der Waals surface area contributed by atoms with E-state index in [0.29, 0.717) is 5.92 Å².